The molecular weight excluding hydrogens is 298 g/mol. The van der Waals surface area contributed by atoms with E-state index in [0.29, 0.717) is 26.2 Å². The summed E-state index contributed by atoms with van der Waals surface area (Å²) in [6.07, 6.45) is 2.16. The summed E-state index contributed by atoms with van der Waals surface area (Å²) in [5.41, 5.74) is 1.98. The average Bonchev–Trinajstić information content (AvgIpc) is 2.85. The number of rotatable bonds is 4. The fourth-order valence-electron chi connectivity index (χ4n) is 2.82. The number of aromatic nitrogens is 2. The molecule has 0 spiro atoms. The Labute approximate surface area is 134 Å². The van der Waals surface area contributed by atoms with Gasteiger partial charge in [-0.1, -0.05) is 12.1 Å². The van der Waals surface area contributed by atoms with Crippen molar-refractivity contribution in [1.82, 2.24) is 14.5 Å². The van der Waals surface area contributed by atoms with E-state index in [1.54, 1.807) is 11.8 Å². The second-order valence-corrected chi connectivity index (χ2v) is 6.42. The molecule has 0 radical (unpaired) electrons. The summed E-state index contributed by atoms with van der Waals surface area (Å²) >= 11 is 1.72. The number of carbonyl (C=O) groups excluding carboxylic acids is 1. The first-order chi connectivity index (χ1) is 10.7. The van der Waals surface area contributed by atoms with Crippen molar-refractivity contribution in [3.05, 3.63) is 30.1 Å². The lowest BCUT2D eigenvalue weighted by molar-refractivity contribution is -0.138. The molecule has 1 saturated heterocycles. The Kier molecular flexibility index (Phi) is 4.69. The molecule has 1 aromatic carbocycles. The van der Waals surface area contributed by atoms with Crippen LogP contribution >= 0.6 is 11.8 Å². The van der Waals surface area contributed by atoms with Crippen LogP contribution in [0.25, 0.3) is 11.0 Å². The van der Waals surface area contributed by atoms with Gasteiger partial charge in [0.05, 0.1) is 29.5 Å². The van der Waals surface area contributed by atoms with Crippen LogP contribution in [0.1, 0.15) is 12.7 Å². The van der Waals surface area contributed by atoms with Gasteiger partial charge in [-0.3, -0.25) is 4.79 Å². The summed E-state index contributed by atoms with van der Waals surface area (Å²) in [4.78, 5) is 19.2. The number of ether oxygens (including phenoxy) is 1. The van der Waals surface area contributed by atoms with E-state index in [-0.39, 0.29) is 12.0 Å². The molecule has 3 rings (SSSR count). The van der Waals surface area contributed by atoms with Gasteiger partial charge in [0.25, 0.3) is 0 Å². The Morgan fingerprint density at radius 1 is 1.45 bits per heavy atom. The van der Waals surface area contributed by atoms with Gasteiger partial charge >= 0.3 is 0 Å². The Balaban J connectivity index is 1.85. The highest BCUT2D eigenvalue weighted by atomic mass is 32.2. The number of amides is 1. The van der Waals surface area contributed by atoms with Crippen molar-refractivity contribution in [2.75, 3.05) is 26.0 Å². The van der Waals surface area contributed by atoms with Crippen molar-refractivity contribution in [3.8, 4) is 0 Å². The van der Waals surface area contributed by atoms with Crippen molar-refractivity contribution in [1.29, 1.82) is 0 Å². The molecule has 5 nitrogen and oxygen atoms in total. The number of morpholine rings is 1. The van der Waals surface area contributed by atoms with Gasteiger partial charge in [-0.25, -0.2) is 4.98 Å². The summed E-state index contributed by atoms with van der Waals surface area (Å²) < 4.78 is 7.56. The Morgan fingerprint density at radius 2 is 2.27 bits per heavy atom. The first-order valence-corrected chi connectivity index (χ1v) is 8.91. The molecule has 2 aromatic rings. The number of imidazole rings is 1. The number of thioether (sulfide) groups is 1. The zero-order chi connectivity index (χ0) is 15.5. The topological polar surface area (TPSA) is 47.4 Å². The van der Waals surface area contributed by atoms with E-state index < -0.39 is 0 Å². The van der Waals surface area contributed by atoms with Gasteiger partial charge in [-0.05, 0) is 25.3 Å². The van der Waals surface area contributed by atoms with Crippen LogP contribution in [0.3, 0.4) is 0 Å². The predicted octanol–water partition coefficient (Wildman–Crippen LogP) is 2.15. The fourth-order valence-corrected chi connectivity index (χ4v) is 3.30. The lowest BCUT2D eigenvalue weighted by Crippen LogP contribution is -2.45. The van der Waals surface area contributed by atoms with Crippen molar-refractivity contribution in [2.24, 2.45) is 0 Å². The van der Waals surface area contributed by atoms with E-state index in [0.717, 1.165) is 22.6 Å². The molecular formula is C16H21N3O2S. The maximum absolute atomic E-state index is 12.6. The van der Waals surface area contributed by atoms with Gasteiger partial charge in [0, 0.05) is 13.1 Å². The number of hydrogen-bond acceptors (Lipinski definition) is 4. The third kappa shape index (κ3) is 3.13. The fraction of sp³-hybridized carbons (Fsp3) is 0.500. The van der Waals surface area contributed by atoms with Crippen LogP contribution < -0.4 is 0 Å². The first kappa shape index (κ1) is 15.4. The van der Waals surface area contributed by atoms with Gasteiger partial charge in [-0.15, -0.1) is 0 Å². The van der Waals surface area contributed by atoms with Gasteiger partial charge < -0.3 is 14.2 Å². The minimum absolute atomic E-state index is 0.114. The Hall–Kier alpha value is -1.53. The van der Waals surface area contributed by atoms with E-state index >= 15 is 0 Å². The zero-order valence-electron chi connectivity index (χ0n) is 13.0. The second-order valence-electron chi connectivity index (χ2n) is 5.56. The van der Waals surface area contributed by atoms with Gasteiger partial charge in [0.15, 0.2) is 0 Å². The van der Waals surface area contributed by atoms with Gasteiger partial charge in [-0.2, -0.15) is 11.8 Å². The Morgan fingerprint density at radius 3 is 3.05 bits per heavy atom. The Bertz CT molecular complexity index is 670. The summed E-state index contributed by atoms with van der Waals surface area (Å²) in [6, 6.07) is 8.00. The standard InChI is InChI=1S/C16H21N3O2S/c1-12-9-18(7-8-21-12)16(20)10-19-14-6-4-3-5-13(14)17-15(19)11-22-2/h3-6,12H,7-11H2,1-2H3/t12-/m0/s1. The molecule has 6 heteroatoms. The third-order valence-electron chi connectivity index (χ3n) is 3.89. The first-order valence-electron chi connectivity index (χ1n) is 7.51. The number of carbonyl (C=O) groups is 1. The quantitative estimate of drug-likeness (QED) is 0.866. The average molecular weight is 319 g/mol. The van der Waals surface area contributed by atoms with E-state index in [1.807, 2.05) is 40.7 Å². The van der Waals surface area contributed by atoms with E-state index in [2.05, 4.69) is 11.2 Å². The lowest BCUT2D eigenvalue weighted by Gasteiger charge is -2.31. The largest absolute Gasteiger partial charge is 0.375 e. The van der Waals surface area contributed by atoms with Crippen molar-refractivity contribution >= 4 is 28.7 Å². The number of hydrogen-bond donors (Lipinski definition) is 0. The molecule has 0 aliphatic carbocycles. The highest BCUT2D eigenvalue weighted by molar-refractivity contribution is 7.97. The molecule has 0 unspecified atom stereocenters. The van der Waals surface area contributed by atoms with E-state index in [9.17, 15) is 4.79 Å². The molecule has 1 amide bonds. The highest BCUT2D eigenvalue weighted by Crippen LogP contribution is 2.19. The molecule has 1 fully saturated rings. The number of para-hydroxylation sites is 2. The lowest BCUT2D eigenvalue weighted by atomic mass is 10.3. The van der Waals surface area contributed by atoms with Crippen LogP contribution in [0.2, 0.25) is 0 Å². The summed E-state index contributed by atoms with van der Waals surface area (Å²) in [6.45, 7) is 4.32. The summed E-state index contributed by atoms with van der Waals surface area (Å²) in [5.74, 6) is 1.91. The molecule has 1 atom stereocenters. The highest BCUT2D eigenvalue weighted by Gasteiger charge is 2.23. The maximum atomic E-state index is 12.6. The number of benzene rings is 1. The minimum Gasteiger partial charge on any atom is -0.375 e. The van der Waals surface area contributed by atoms with Crippen LogP contribution in [0.5, 0.6) is 0 Å². The number of fused-ring (bicyclic) bond motifs is 1. The van der Waals surface area contributed by atoms with Crippen LogP contribution in [0.15, 0.2) is 24.3 Å². The van der Waals surface area contributed by atoms with Crippen LogP contribution in [-0.2, 0) is 21.8 Å². The van der Waals surface area contributed by atoms with E-state index in [1.165, 1.54) is 0 Å². The van der Waals surface area contributed by atoms with Crippen LogP contribution in [-0.4, -0.2) is 52.4 Å². The zero-order valence-corrected chi connectivity index (χ0v) is 13.8. The van der Waals surface area contributed by atoms with Gasteiger partial charge in [0.1, 0.15) is 12.4 Å². The molecule has 0 N–H and O–H groups in total. The molecule has 118 valence electrons. The van der Waals surface area contributed by atoms with Crippen molar-refractivity contribution in [2.45, 2.75) is 25.3 Å². The van der Waals surface area contributed by atoms with Crippen molar-refractivity contribution in [3.63, 3.8) is 0 Å². The molecule has 1 aromatic heterocycles. The summed E-state index contributed by atoms with van der Waals surface area (Å²) in [7, 11) is 0. The maximum Gasteiger partial charge on any atom is 0.242 e. The molecule has 1 aliphatic rings. The van der Waals surface area contributed by atoms with Crippen LogP contribution in [0.4, 0.5) is 0 Å². The molecule has 0 bridgehead atoms. The molecule has 22 heavy (non-hydrogen) atoms. The predicted molar refractivity (Wildman–Crippen MR) is 88.9 cm³/mol. The van der Waals surface area contributed by atoms with Crippen molar-refractivity contribution < 1.29 is 9.53 Å². The summed E-state index contributed by atoms with van der Waals surface area (Å²) in [5, 5.41) is 0. The van der Waals surface area contributed by atoms with Gasteiger partial charge in [0.2, 0.25) is 5.91 Å². The third-order valence-corrected chi connectivity index (χ3v) is 4.44. The second kappa shape index (κ2) is 6.71. The smallest absolute Gasteiger partial charge is 0.242 e. The van der Waals surface area contributed by atoms with Crippen LogP contribution in [0, 0.1) is 0 Å². The van der Waals surface area contributed by atoms with E-state index in [4.69, 9.17) is 4.74 Å². The molecule has 2 heterocycles. The molecule has 1 aliphatic heterocycles. The SMILES string of the molecule is CSCc1nc2ccccc2n1CC(=O)N1CCO[C@@H](C)C1. The minimum atomic E-state index is 0.114. The normalized spacial score (nSPS) is 18.8. The number of nitrogens with zero attached hydrogens (tertiary/aromatic N) is 3. The molecule has 0 saturated carbocycles. The monoisotopic (exact) mass is 319 g/mol.